The van der Waals surface area contributed by atoms with E-state index in [4.69, 9.17) is 32.7 Å². The highest BCUT2D eigenvalue weighted by Gasteiger charge is 2.30. The van der Waals surface area contributed by atoms with E-state index in [1.54, 1.807) is 0 Å². The van der Waals surface area contributed by atoms with Crippen LogP contribution in [0.15, 0.2) is 72.9 Å². The zero-order valence-corrected chi connectivity index (χ0v) is 20.4. The second-order valence-electron chi connectivity index (χ2n) is 7.64. The van der Waals surface area contributed by atoms with Crippen molar-refractivity contribution in [3.63, 3.8) is 0 Å². The molecule has 38 heavy (non-hydrogen) atoms. The van der Waals surface area contributed by atoms with E-state index in [-0.39, 0.29) is 46.1 Å². The van der Waals surface area contributed by atoms with Gasteiger partial charge in [0.1, 0.15) is 17.2 Å². The highest BCUT2D eigenvalue weighted by Crippen LogP contribution is 2.35. The van der Waals surface area contributed by atoms with Gasteiger partial charge in [0.05, 0.1) is 27.3 Å². The van der Waals surface area contributed by atoms with Gasteiger partial charge in [0.15, 0.2) is 12.4 Å². The molecule has 0 bridgehead atoms. The van der Waals surface area contributed by atoms with Crippen molar-refractivity contribution in [3.8, 4) is 17.2 Å². The van der Waals surface area contributed by atoms with E-state index >= 15 is 0 Å². The molecule has 3 aromatic carbocycles. The molecule has 4 aromatic rings. The Labute approximate surface area is 222 Å². The molecule has 0 spiro atoms. The molecule has 0 unspecified atom stereocenters. The standard InChI is InChI=1S/C24H15Cl2F3N4O5/c25-15-4-5-22(20(26)9-15)38-19-11-16(10-17(12-19)33(35)36)30-23(34)21-6-7-32(31-21)13-37-18-3-1-2-14(8-18)24(27,28)29/h1-12H,13H2,(H,30,34). The van der Waals surface area contributed by atoms with Gasteiger partial charge in [0.2, 0.25) is 0 Å². The van der Waals surface area contributed by atoms with Crippen molar-refractivity contribution in [2.45, 2.75) is 12.9 Å². The van der Waals surface area contributed by atoms with Crippen LogP contribution < -0.4 is 14.8 Å². The number of anilines is 1. The van der Waals surface area contributed by atoms with Crippen LogP contribution in [0.3, 0.4) is 0 Å². The lowest BCUT2D eigenvalue weighted by Gasteiger charge is -2.10. The maximum Gasteiger partial charge on any atom is 0.416 e. The lowest BCUT2D eigenvalue weighted by atomic mass is 10.2. The Morgan fingerprint density at radius 3 is 2.55 bits per heavy atom. The molecular formula is C24H15Cl2F3N4O5. The van der Waals surface area contributed by atoms with Gasteiger partial charge in [-0.2, -0.15) is 18.3 Å². The molecule has 0 aliphatic heterocycles. The van der Waals surface area contributed by atoms with E-state index in [1.807, 2.05) is 0 Å². The van der Waals surface area contributed by atoms with Gasteiger partial charge in [-0.25, -0.2) is 4.68 Å². The smallest absolute Gasteiger partial charge is 0.416 e. The number of alkyl halides is 3. The van der Waals surface area contributed by atoms with Crippen molar-refractivity contribution in [1.29, 1.82) is 0 Å². The second-order valence-corrected chi connectivity index (χ2v) is 8.49. The number of carbonyl (C=O) groups excluding carboxylic acids is 1. The van der Waals surface area contributed by atoms with Gasteiger partial charge in [-0.05, 0) is 42.5 Å². The van der Waals surface area contributed by atoms with Crippen molar-refractivity contribution >= 4 is 40.5 Å². The van der Waals surface area contributed by atoms with E-state index < -0.39 is 22.6 Å². The molecule has 1 N–H and O–H groups in total. The summed E-state index contributed by atoms with van der Waals surface area (Å²) in [6, 6.07) is 13.7. The van der Waals surface area contributed by atoms with Crippen LogP contribution in [0.25, 0.3) is 0 Å². The molecule has 196 valence electrons. The Morgan fingerprint density at radius 2 is 1.84 bits per heavy atom. The van der Waals surface area contributed by atoms with Crippen LogP contribution in [0.4, 0.5) is 24.5 Å². The zero-order valence-electron chi connectivity index (χ0n) is 18.9. The molecule has 1 heterocycles. The van der Waals surface area contributed by atoms with E-state index in [9.17, 15) is 28.1 Å². The Bertz CT molecular complexity index is 1510. The lowest BCUT2D eigenvalue weighted by Crippen LogP contribution is -2.14. The molecule has 0 radical (unpaired) electrons. The molecule has 0 fully saturated rings. The van der Waals surface area contributed by atoms with Crippen LogP contribution in [-0.4, -0.2) is 20.6 Å². The second kappa shape index (κ2) is 11.0. The maximum atomic E-state index is 12.9. The van der Waals surface area contributed by atoms with Crippen LogP contribution in [0, 0.1) is 10.1 Å². The molecule has 0 aliphatic carbocycles. The highest BCUT2D eigenvalue weighted by molar-refractivity contribution is 6.35. The van der Waals surface area contributed by atoms with Crippen molar-refractivity contribution < 1.29 is 32.4 Å². The van der Waals surface area contributed by atoms with Crippen LogP contribution in [0.2, 0.25) is 10.0 Å². The topological polar surface area (TPSA) is 109 Å². The summed E-state index contributed by atoms with van der Waals surface area (Å²) in [6.45, 7) is -0.273. The number of nitro benzene ring substituents is 1. The summed E-state index contributed by atoms with van der Waals surface area (Å²) < 4.78 is 50.8. The Hall–Kier alpha value is -4.29. The Morgan fingerprint density at radius 1 is 1.05 bits per heavy atom. The molecule has 9 nitrogen and oxygen atoms in total. The predicted octanol–water partition coefficient (Wildman–Crippen LogP) is 7.20. The number of carbonyl (C=O) groups is 1. The number of non-ortho nitro benzene ring substituents is 1. The summed E-state index contributed by atoms with van der Waals surface area (Å²) in [7, 11) is 0. The number of benzene rings is 3. The van der Waals surface area contributed by atoms with Gasteiger partial charge in [-0.15, -0.1) is 0 Å². The third kappa shape index (κ3) is 6.72. The molecule has 0 aliphatic rings. The zero-order chi connectivity index (χ0) is 27.4. The lowest BCUT2D eigenvalue weighted by molar-refractivity contribution is -0.384. The average Bonchev–Trinajstić information content (AvgIpc) is 3.33. The number of hydrogen-bond acceptors (Lipinski definition) is 6. The number of nitrogens with one attached hydrogen (secondary N) is 1. The molecule has 0 saturated heterocycles. The monoisotopic (exact) mass is 566 g/mol. The molecule has 4 rings (SSSR count). The van der Waals surface area contributed by atoms with Gasteiger partial charge in [-0.3, -0.25) is 14.9 Å². The largest absolute Gasteiger partial charge is 0.471 e. The van der Waals surface area contributed by atoms with Gasteiger partial charge in [-0.1, -0.05) is 29.3 Å². The molecule has 1 amide bonds. The number of nitro groups is 1. The molecule has 0 atom stereocenters. The number of rotatable bonds is 8. The van der Waals surface area contributed by atoms with Gasteiger partial charge < -0.3 is 14.8 Å². The number of nitrogens with zero attached hydrogens (tertiary/aromatic N) is 3. The summed E-state index contributed by atoms with van der Waals surface area (Å²) >= 11 is 12.0. The van der Waals surface area contributed by atoms with E-state index in [1.165, 1.54) is 53.3 Å². The number of amides is 1. The quantitative estimate of drug-likeness (QED) is 0.178. The first-order chi connectivity index (χ1) is 18.0. The van der Waals surface area contributed by atoms with Gasteiger partial charge in [0.25, 0.3) is 11.6 Å². The normalized spacial score (nSPS) is 11.2. The first-order valence-corrected chi connectivity index (χ1v) is 11.3. The number of hydrogen-bond donors (Lipinski definition) is 1. The van der Waals surface area contributed by atoms with Gasteiger partial charge in [0, 0.05) is 23.4 Å². The summed E-state index contributed by atoms with van der Waals surface area (Å²) in [5.74, 6) is -0.530. The summed E-state index contributed by atoms with van der Waals surface area (Å²) in [5, 5.41) is 18.5. The van der Waals surface area contributed by atoms with Crippen molar-refractivity contribution in [2.24, 2.45) is 0 Å². The molecular weight excluding hydrogens is 552 g/mol. The minimum Gasteiger partial charge on any atom is -0.471 e. The van der Waals surface area contributed by atoms with E-state index in [0.717, 1.165) is 24.3 Å². The third-order valence-corrected chi connectivity index (χ3v) is 5.41. The molecule has 14 heteroatoms. The summed E-state index contributed by atoms with van der Waals surface area (Å²) in [5.41, 5.74) is -1.26. The minimum atomic E-state index is -4.52. The summed E-state index contributed by atoms with van der Waals surface area (Å²) in [4.78, 5) is 23.4. The van der Waals surface area contributed by atoms with Gasteiger partial charge >= 0.3 is 6.18 Å². The van der Waals surface area contributed by atoms with Crippen LogP contribution in [-0.2, 0) is 12.9 Å². The highest BCUT2D eigenvalue weighted by atomic mass is 35.5. The number of ether oxygens (including phenoxy) is 2. The van der Waals surface area contributed by atoms with Crippen molar-refractivity contribution in [2.75, 3.05) is 5.32 Å². The maximum absolute atomic E-state index is 12.9. The SMILES string of the molecule is O=C(Nc1cc(Oc2ccc(Cl)cc2Cl)cc([N+](=O)[O-])c1)c1ccn(COc2cccc(C(F)(F)F)c2)n1. The minimum absolute atomic E-state index is 0.0266. The van der Waals surface area contributed by atoms with Crippen molar-refractivity contribution in [3.05, 3.63) is 104 Å². The number of halogens is 5. The van der Waals surface area contributed by atoms with Crippen LogP contribution >= 0.6 is 23.2 Å². The van der Waals surface area contributed by atoms with Crippen LogP contribution in [0.1, 0.15) is 16.1 Å². The first kappa shape index (κ1) is 26.8. The van der Waals surface area contributed by atoms with E-state index in [2.05, 4.69) is 10.4 Å². The fourth-order valence-electron chi connectivity index (χ4n) is 3.16. The average molecular weight is 567 g/mol. The number of aromatic nitrogens is 2. The fourth-order valence-corrected chi connectivity index (χ4v) is 3.60. The Kier molecular flexibility index (Phi) is 7.74. The fraction of sp³-hybridized carbons (Fsp3) is 0.0833. The van der Waals surface area contributed by atoms with Crippen LogP contribution in [0.5, 0.6) is 17.2 Å². The Balaban J connectivity index is 1.46. The van der Waals surface area contributed by atoms with Crippen molar-refractivity contribution in [1.82, 2.24) is 9.78 Å². The van der Waals surface area contributed by atoms with E-state index in [0.29, 0.717) is 5.02 Å². The molecule has 1 aromatic heterocycles. The summed E-state index contributed by atoms with van der Waals surface area (Å²) in [6.07, 6.45) is -3.14. The molecule has 0 saturated carbocycles. The third-order valence-electron chi connectivity index (χ3n) is 4.88. The first-order valence-electron chi connectivity index (χ1n) is 10.6. The predicted molar refractivity (Wildman–Crippen MR) is 132 cm³/mol.